The molecule has 0 saturated heterocycles. The quantitative estimate of drug-likeness (QED) is 0.801. The van der Waals surface area contributed by atoms with E-state index in [2.05, 4.69) is 15.0 Å². The van der Waals surface area contributed by atoms with Crippen LogP contribution in [0.4, 0.5) is 0 Å². The lowest BCUT2D eigenvalue weighted by Gasteiger charge is -2.05. The molecule has 0 fully saturated rings. The van der Waals surface area contributed by atoms with E-state index in [1.54, 1.807) is 6.20 Å². The van der Waals surface area contributed by atoms with Gasteiger partial charge < -0.3 is 10.7 Å². The number of hydrogen-bond donors (Lipinski definition) is 2. The van der Waals surface area contributed by atoms with Crippen LogP contribution in [-0.2, 0) is 0 Å². The lowest BCUT2D eigenvalue weighted by molar-refractivity contribution is 0.806. The van der Waals surface area contributed by atoms with Crippen LogP contribution in [0.25, 0.3) is 0 Å². The van der Waals surface area contributed by atoms with Crippen molar-refractivity contribution >= 4 is 11.8 Å². The molecule has 3 N–H and O–H groups in total. The average Bonchev–Trinajstić information content (AvgIpc) is 2.29. The number of rotatable bonds is 3. The van der Waals surface area contributed by atoms with Gasteiger partial charge in [-0.25, -0.2) is 9.97 Å². The summed E-state index contributed by atoms with van der Waals surface area (Å²) in [5, 5.41) is 1.29. The number of aromatic amines is 1. The van der Waals surface area contributed by atoms with Crippen LogP contribution in [0, 0.1) is 0 Å². The van der Waals surface area contributed by atoms with E-state index in [4.69, 9.17) is 5.73 Å². The fourth-order valence-corrected chi connectivity index (χ4v) is 1.93. The van der Waals surface area contributed by atoms with Gasteiger partial charge >= 0.3 is 0 Å². The van der Waals surface area contributed by atoms with Gasteiger partial charge in [0.2, 0.25) is 0 Å². The van der Waals surface area contributed by atoms with Gasteiger partial charge in [0.15, 0.2) is 5.16 Å². The summed E-state index contributed by atoms with van der Waals surface area (Å²) in [5.41, 5.74) is 6.53. The Morgan fingerprint density at radius 3 is 2.76 bits per heavy atom. The molecule has 17 heavy (non-hydrogen) atoms. The fraction of sp³-hybridized carbons (Fsp3) is 0.182. The molecule has 0 amide bonds. The molecule has 0 radical (unpaired) electrons. The van der Waals surface area contributed by atoms with Crippen molar-refractivity contribution in [2.24, 2.45) is 5.73 Å². The Balaban J connectivity index is 2.16. The van der Waals surface area contributed by atoms with Gasteiger partial charge in [0.1, 0.15) is 5.03 Å². The second kappa shape index (κ2) is 5.11. The Kier molecular flexibility index (Phi) is 3.55. The van der Waals surface area contributed by atoms with Gasteiger partial charge in [0.25, 0.3) is 5.56 Å². The Hall–Kier alpha value is -1.66. The van der Waals surface area contributed by atoms with Crippen LogP contribution in [0.5, 0.6) is 0 Å². The molecule has 2 aromatic heterocycles. The highest BCUT2D eigenvalue weighted by Gasteiger charge is 2.03. The molecule has 0 aliphatic rings. The van der Waals surface area contributed by atoms with Crippen molar-refractivity contribution in [2.45, 2.75) is 23.1 Å². The van der Waals surface area contributed by atoms with E-state index >= 15 is 0 Å². The molecule has 5 nitrogen and oxygen atoms in total. The summed E-state index contributed by atoms with van der Waals surface area (Å²) in [7, 11) is 0. The van der Waals surface area contributed by atoms with E-state index in [0.29, 0.717) is 5.16 Å². The molecule has 2 rings (SSSR count). The molecule has 0 aliphatic carbocycles. The van der Waals surface area contributed by atoms with Gasteiger partial charge in [-0.05, 0) is 30.3 Å². The van der Waals surface area contributed by atoms with Gasteiger partial charge in [-0.3, -0.25) is 4.79 Å². The van der Waals surface area contributed by atoms with Crippen molar-refractivity contribution in [3.63, 3.8) is 0 Å². The monoisotopic (exact) mass is 248 g/mol. The molecule has 0 spiro atoms. The molecule has 88 valence electrons. The van der Waals surface area contributed by atoms with Crippen molar-refractivity contribution in [3.05, 3.63) is 46.5 Å². The fourth-order valence-electron chi connectivity index (χ4n) is 1.22. The van der Waals surface area contributed by atoms with E-state index in [-0.39, 0.29) is 11.6 Å². The van der Waals surface area contributed by atoms with Crippen LogP contribution in [0.15, 0.2) is 45.6 Å². The van der Waals surface area contributed by atoms with Crippen molar-refractivity contribution in [1.29, 1.82) is 0 Å². The van der Waals surface area contributed by atoms with Gasteiger partial charge in [-0.1, -0.05) is 6.07 Å². The topological polar surface area (TPSA) is 84.7 Å². The lowest BCUT2D eigenvalue weighted by Crippen LogP contribution is -2.06. The maximum Gasteiger partial charge on any atom is 0.251 e. The summed E-state index contributed by atoms with van der Waals surface area (Å²) in [6.07, 6.45) is 3.20. The first kappa shape index (κ1) is 11.8. The number of nitrogens with one attached hydrogen (secondary N) is 1. The smallest absolute Gasteiger partial charge is 0.251 e. The van der Waals surface area contributed by atoms with E-state index in [0.717, 1.165) is 10.6 Å². The third kappa shape index (κ3) is 3.15. The molecule has 1 atom stereocenters. The number of nitrogens with zero attached hydrogens (tertiary/aromatic N) is 2. The molecule has 1 unspecified atom stereocenters. The van der Waals surface area contributed by atoms with Crippen molar-refractivity contribution in [2.75, 3.05) is 0 Å². The lowest BCUT2D eigenvalue weighted by atomic mass is 10.2. The van der Waals surface area contributed by atoms with Gasteiger partial charge in [-0.2, -0.15) is 0 Å². The van der Waals surface area contributed by atoms with Crippen LogP contribution in [0.1, 0.15) is 18.5 Å². The van der Waals surface area contributed by atoms with Crippen molar-refractivity contribution in [1.82, 2.24) is 15.0 Å². The summed E-state index contributed by atoms with van der Waals surface area (Å²) < 4.78 is 0. The van der Waals surface area contributed by atoms with Crippen molar-refractivity contribution < 1.29 is 0 Å². The number of hydrogen-bond acceptors (Lipinski definition) is 5. The van der Waals surface area contributed by atoms with Crippen molar-refractivity contribution in [3.8, 4) is 0 Å². The SMILES string of the molecule is CC(N)c1ccc(Sc2nccc(=O)[nH]2)nc1. The molecule has 0 aliphatic heterocycles. The normalized spacial score (nSPS) is 12.4. The third-order valence-corrected chi connectivity index (χ3v) is 2.99. The second-order valence-corrected chi connectivity index (χ2v) is 4.57. The molecule has 2 aromatic rings. The highest BCUT2D eigenvalue weighted by atomic mass is 32.2. The Morgan fingerprint density at radius 2 is 2.18 bits per heavy atom. The summed E-state index contributed by atoms with van der Waals surface area (Å²) in [5.74, 6) is 0. The van der Waals surface area contributed by atoms with Crippen LogP contribution in [0.3, 0.4) is 0 Å². The van der Waals surface area contributed by atoms with E-state index in [1.807, 2.05) is 19.1 Å². The Labute approximate surface area is 103 Å². The molecule has 0 saturated carbocycles. The Bertz CT molecular complexity index is 550. The van der Waals surface area contributed by atoms with E-state index in [9.17, 15) is 4.79 Å². The predicted molar refractivity (Wildman–Crippen MR) is 65.8 cm³/mol. The second-order valence-electron chi connectivity index (χ2n) is 3.56. The molecule has 6 heteroatoms. The van der Waals surface area contributed by atoms with Crippen LogP contribution in [-0.4, -0.2) is 15.0 Å². The zero-order chi connectivity index (χ0) is 12.3. The number of pyridine rings is 1. The highest BCUT2D eigenvalue weighted by Crippen LogP contribution is 2.21. The van der Waals surface area contributed by atoms with Gasteiger partial charge in [0, 0.05) is 24.5 Å². The zero-order valence-corrected chi connectivity index (χ0v) is 10.1. The molecule has 0 bridgehead atoms. The minimum absolute atomic E-state index is 0.0313. The van der Waals surface area contributed by atoms with Crippen LogP contribution in [0.2, 0.25) is 0 Å². The Morgan fingerprint density at radius 1 is 1.35 bits per heavy atom. The zero-order valence-electron chi connectivity index (χ0n) is 9.25. The maximum atomic E-state index is 11.1. The summed E-state index contributed by atoms with van der Waals surface area (Å²) in [6.45, 7) is 1.90. The third-order valence-electron chi connectivity index (χ3n) is 2.13. The summed E-state index contributed by atoms with van der Waals surface area (Å²) >= 11 is 1.30. The van der Waals surface area contributed by atoms with Crippen LogP contribution >= 0.6 is 11.8 Å². The number of aromatic nitrogens is 3. The first-order valence-electron chi connectivity index (χ1n) is 5.10. The predicted octanol–water partition coefficient (Wildman–Crippen LogP) is 1.34. The van der Waals surface area contributed by atoms with Gasteiger partial charge in [0.05, 0.1) is 0 Å². The van der Waals surface area contributed by atoms with E-state index in [1.165, 1.54) is 24.0 Å². The maximum absolute atomic E-state index is 11.1. The first-order chi connectivity index (χ1) is 8.15. The highest BCUT2D eigenvalue weighted by molar-refractivity contribution is 7.99. The summed E-state index contributed by atoms with van der Waals surface area (Å²) in [6, 6.07) is 5.12. The molecule has 2 heterocycles. The molecular formula is C11H12N4OS. The van der Waals surface area contributed by atoms with Gasteiger partial charge in [-0.15, -0.1) is 0 Å². The molecular weight excluding hydrogens is 236 g/mol. The largest absolute Gasteiger partial charge is 0.324 e. The molecule has 0 aromatic carbocycles. The number of nitrogens with two attached hydrogens (primary N) is 1. The number of H-pyrrole nitrogens is 1. The van der Waals surface area contributed by atoms with E-state index < -0.39 is 0 Å². The first-order valence-corrected chi connectivity index (χ1v) is 5.91. The summed E-state index contributed by atoms with van der Waals surface area (Å²) in [4.78, 5) is 22.0. The van der Waals surface area contributed by atoms with Crippen LogP contribution < -0.4 is 11.3 Å². The minimum Gasteiger partial charge on any atom is -0.324 e. The minimum atomic E-state index is -0.172. The average molecular weight is 248 g/mol. The standard InChI is InChI=1S/C11H12N4OS/c1-7(12)8-2-3-10(14-6-8)17-11-13-5-4-9(16)15-11/h2-7H,12H2,1H3,(H,13,15,16).